The Kier molecular flexibility index (Phi) is 3.07. The molecule has 0 N–H and O–H groups in total. The Labute approximate surface area is 105 Å². The fourth-order valence-electron chi connectivity index (χ4n) is 1.57. The van der Waals surface area contributed by atoms with Gasteiger partial charge in [0.1, 0.15) is 5.75 Å². The van der Waals surface area contributed by atoms with Crippen molar-refractivity contribution in [3.05, 3.63) is 42.5 Å². The molecule has 2 nitrogen and oxygen atoms in total. The van der Waals surface area contributed by atoms with E-state index in [1.165, 1.54) is 0 Å². The summed E-state index contributed by atoms with van der Waals surface area (Å²) in [5, 5.41) is 1.70. The van der Waals surface area contributed by atoms with Crippen molar-refractivity contribution in [3.63, 3.8) is 0 Å². The standard InChI is InChI=1S/C14H13ClO2/c1-14(2,13(15)16)17-12-8-7-10-5-3-4-6-11(10)9-12/h3-9H,1-2H3. The summed E-state index contributed by atoms with van der Waals surface area (Å²) in [7, 11) is 0. The maximum absolute atomic E-state index is 11.2. The summed E-state index contributed by atoms with van der Waals surface area (Å²) < 4.78 is 5.59. The van der Waals surface area contributed by atoms with E-state index in [2.05, 4.69) is 0 Å². The zero-order valence-corrected chi connectivity index (χ0v) is 10.5. The highest BCUT2D eigenvalue weighted by molar-refractivity contribution is 6.65. The van der Waals surface area contributed by atoms with Crippen molar-refractivity contribution in [3.8, 4) is 5.75 Å². The SMILES string of the molecule is CC(C)(Oc1ccc2ccccc2c1)C(=O)Cl. The molecular weight excluding hydrogens is 236 g/mol. The molecule has 0 saturated carbocycles. The van der Waals surface area contributed by atoms with Crippen LogP contribution in [0, 0.1) is 0 Å². The molecule has 88 valence electrons. The highest BCUT2D eigenvalue weighted by atomic mass is 35.5. The fraction of sp³-hybridized carbons (Fsp3) is 0.214. The molecule has 0 aliphatic rings. The first kappa shape index (κ1) is 11.9. The Morgan fingerprint density at radius 2 is 1.76 bits per heavy atom. The molecule has 0 radical (unpaired) electrons. The third kappa shape index (κ3) is 2.59. The van der Waals surface area contributed by atoms with E-state index in [1.807, 2.05) is 42.5 Å². The summed E-state index contributed by atoms with van der Waals surface area (Å²) >= 11 is 5.47. The van der Waals surface area contributed by atoms with Gasteiger partial charge in [-0.3, -0.25) is 4.79 Å². The summed E-state index contributed by atoms with van der Waals surface area (Å²) in [5.41, 5.74) is -1.01. The van der Waals surface area contributed by atoms with E-state index in [0.717, 1.165) is 10.8 Å². The lowest BCUT2D eigenvalue weighted by Crippen LogP contribution is -2.34. The van der Waals surface area contributed by atoms with Crippen LogP contribution in [0.25, 0.3) is 10.8 Å². The van der Waals surface area contributed by atoms with Gasteiger partial charge in [0, 0.05) is 0 Å². The molecule has 0 aliphatic carbocycles. The van der Waals surface area contributed by atoms with Gasteiger partial charge >= 0.3 is 0 Å². The Bertz CT molecular complexity index is 561. The number of hydrogen-bond acceptors (Lipinski definition) is 2. The summed E-state index contributed by atoms with van der Waals surface area (Å²) in [4.78, 5) is 11.2. The molecule has 0 fully saturated rings. The molecule has 0 amide bonds. The smallest absolute Gasteiger partial charge is 0.264 e. The number of halogens is 1. The fourth-order valence-corrected chi connectivity index (χ4v) is 1.60. The van der Waals surface area contributed by atoms with Crippen molar-refractivity contribution in [1.29, 1.82) is 0 Å². The van der Waals surface area contributed by atoms with Gasteiger partial charge in [-0.05, 0) is 48.4 Å². The molecule has 0 saturated heterocycles. The largest absolute Gasteiger partial charge is 0.479 e. The van der Waals surface area contributed by atoms with Crippen LogP contribution < -0.4 is 4.74 Å². The molecule has 2 rings (SSSR count). The highest BCUT2D eigenvalue weighted by Gasteiger charge is 2.27. The number of benzene rings is 2. The Hall–Kier alpha value is -1.54. The van der Waals surface area contributed by atoms with Gasteiger partial charge in [-0.15, -0.1) is 0 Å². The Morgan fingerprint density at radius 3 is 2.41 bits per heavy atom. The summed E-state index contributed by atoms with van der Waals surface area (Å²) in [5.74, 6) is 0.641. The van der Waals surface area contributed by atoms with E-state index in [1.54, 1.807) is 13.8 Å². The highest BCUT2D eigenvalue weighted by Crippen LogP contribution is 2.24. The van der Waals surface area contributed by atoms with Gasteiger partial charge in [0.2, 0.25) is 0 Å². The molecule has 2 aromatic carbocycles. The summed E-state index contributed by atoms with van der Waals surface area (Å²) in [6, 6.07) is 13.7. The van der Waals surface area contributed by atoms with E-state index in [0.29, 0.717) is 5.75 Å². The molecule has 0 atom stereocenters. The average molecular weight is 249 g/mol. The molecule has 0 bridgehead atoms. The van der Waals surface area contributed by atoms with Gasteiger partial charge in [-0.1, -0.05) is 30.3 Å². The predicted octanol–water partition coefficient (Wildman–Crippen LogP) is 3.76. The molecule has 0 unspecified atom stereocenters. The van der Waals surface area contributed by atoms with Crippen LogP contribution >= 0.6 is 11.6 Å². The van der Waals surface area contributed by atoms with E-state index < -0.39 is 10.8 Å². The second-order valence-corrected chi connectivity index (χ2v) is 4.74. The van der Waals surface area contributed by atoms with Crippen LogP contribution in [0.5, 0.6) is 5.75 Å². The van der Waals surface area contributed by atoms with Crippen LogP contribution in [0.1, 0.15) is 13.8 Å². The van der Waals surface area contributed by atoms with Crippen molar-refractivity contribution < 1.29 is 9.53 Å². The van der Waals surface area contributed by atoms with Gasteiger partial charge in [-0.25, -0.2) is 0 Å². The third-order valence-electron chi connectivity index (χ3n) is 2.57. The maximum atomic E-state index is 11.2. The molecule has 0 heterocycles. The van der Waals surface area contributed by atoms with Gasteiger partial charge < -0.3 is 4.74 Å². The quantitative estimate of drug-likeness (QED) is 0.773. The van der Waals surface area contributed by atoms with Crippen LogP contribution in [-0.2, 0) is 4.79 Å². The number of ether oxygens (including phenoxy) is 1. The lowest BCUT2D eigenvalue weighted by Gasteiger charge is -2.22. The van der Waals surface area contributed by atoms with Gasteiger partial charge in [0.05, 0.1) is 0 Å². The van der Waals surface area contributed by atoms with Crippen molar-refractivity contribution in [2.24, 2.45) is 0 Å². The Balaban J connectivity index is 2.34. The van der Waals surface area contributed by atoms with E-state index >= 15 is 0 Å². The number of fused-ring (bicyclic) bond motifs is 1. The second-order valence-electron chi connectivity index (χ2n) is 4.40. The lowest BCUT2D eigenvalue weighted by atomic mass is 10.1. The number of carbonyl (C=O) groups is 1. The van der Waals surface area contributed by atoms with Gasteiger partial charge in [0.15, 0.2) is 5.60 Å². The van der Waals surface area contributed by atoms with Crippen molar-refractivity contribution >= 4 is 27.6 Å². The summed E-state index contributed by atoms with van der Waals surface area (Å²) in [6.07, 6.45) is 0. The van der Waals surface area contributed by atoms with Gasteiger partial charge in [-0.2, -0.15) is 0 Å². The number of rotatable bonds is 3. The number of hydrogen-bond donors (Lipinski definition) is 0. The minimum atomic E-state index is -1.01. The van der Waals surface area contributed by atoms with Crippen LogP contribution in [0.2, 0.25) is 0 Å². The summed E-state index contributed by atoms with van der Waals surface area (Å²) in [6.45, 7) is 3.30. The lowest BCUT2D eigenvalue weighted by molar-refractivity contribution is -0.123. The molecule has 0 spiro atoms. The average Bonchev–Trinajstić information content (AvgIpc) is 2.28. The predicted molar refractivity (Wildman–Crippen MR) is 69.5 cm³/mol. The molecular formula is C14H13ClO2. The first-order chi connectivity index (χ1) is 7.99. The van der Waals surface area contributed by atoms with Crippen molar-refractivity contribution in [1.82, 2.24) is 0 Å². The van der Waals surface area contributed by atoms with E-state index in [4.69, 9.17) is 16.3 Å². The first-order valence-corrected chi connectivity index (χ1v) is 5.74. The van der Waals surface area contributed by atoms with E-state index in [-0.39, 0.29) is 0 Å². The normalized spacial score (nSPS) is 11.5. The topological polar surface area (TPSA) is 26.3 Å². The van der Waals surface area contributed by atoms with Crippen LogP contribution in [0.4, 0.5) is 0 Å². The zero-order valence-electron chi connectivity index (χ0n) is 9.74. The van der Waals surface area contributed by atoms with Crippen LogP contribution in [0.3, 0.4) is 0 Å². The molecule has 2 aromatic rings. The van der Waals surface area contributed by atoms with Crippen LogP contribution in [0.15, 0.2) is 42.5 Å². The Morgan fingerprint density at radius 1 is 1.12 bits per heavy atom. The number of carbonyl (C=O) groups excluding carboxylic acids is 1. The molecule has 3 heteroatoms. The third-order valence-corrected chi connectivity index (χ3v) is 3.02. The van der Waals surface area contributed by atoms with Crippen molar-refractivity contribution in [2.75, 3.05) is 0 Å². The van der Waals surface area contributed by atoms with E-state index in [9.17, 15) is 4.79 Å². The van der Waals surface area contributed by atoms with Crippen LogP contribution in [-0.4, -0.2) is 10.8 Å². The van der Waals surface area contributed by atoms with Gasteiger partial charge in [0.25, 0.3) is 5.24 Å². The molecule has 0 aromatic heterocycles. The first-order valence-electron chi connectivity index (χ1n) is 5.37. The minimum absolute atomic E-state index is 0.509. The zero-order chi connectivity index (χ0) is 12.5. The minimum Gasteiger partial charge on any atom is -0.479 e. The van der Waals surface area contributed by atoms with Crippen molar-refractivity contribution in [2.45, 2.75) is 19.4 Å². The molecule has 17 heavy (non-hydrogen) atoms. The maximum Gasteiger partial charge on any atom is 0.264 e. The molecule has 0 aliphatic heterocycles. The monoisotopic (exact) mass is 248 g/mol. The second kappa shape index (κ2) is 4.38.